The Morgan fingerprint density at radius 3 is 2.75 bits per heavy atom. The quantitative estimate of drug-likeness (QED) is 0.828. The van der Waals surface area contributed by atoms with Crippen molar-refractivity contribution in [3.63, 3.8) is 0 Å². The van der Waals surface area contributed by atoms with Gasteiger partial charge in [0, 0.05) is 25.7 Å². The lowest BCUT2D eigenvalue weighted by molar-refractivity contribution is 0.0864. The van der Waals surface area contributed by atoms with Gasteiger partial charge in [0.2, 0.25) is 0 Å². The van der Waals surface area contributed by atoms with Gasteiger partial charge in [-0.05, 0) is 26.1 Å². The topological polar surface area (TPSA) is 39.9 Å². The molecule has 1 atom stereocenters. The Morgan fingerprint density at radius 2 is 2.12 bits per heavy atom. The molecule has 1 aliphatic rings. The van der Waals surface area contributed by atoms with E-state index in [1.54, 1.807) is 0 Å². The SMILES string of the molecule is CC1CN(C)CCN1Cc1ccc(CO)o1. The van der Waals surface area contributed by atoms with Crippen molar-refractivity contribution >= 4 is 0 Å². The molecule has 1 unspecified atom stereocenters. The largest absolute Gasteiger partial charge is 0.462 e. The van der Waals surface area contributed by atoms with Crippen molar-refractivity contribution in [1.82, 2.24) is 9.80 Å². The van der Waals surface area contributed by atoms with Crippen LogP contribution in [0.3, 0.4) is 0 Å². The summed E-state index contributed by atoms with van der Waals surface area (Å²) in [5.41, 5.74) is 0. The van der Waals surface area contributed by atoms with E-state index in [9.17, 15) is 0 Å². The van der Waals surface area contributed by atoms with Crippen molar-refractivity contribution < 1.29 is 9.52 Å². The van der Waals surface area contributed by atoms with Gasteiger partial charge in [0.1, 0.15) is 18.1 Å². The van der Waals surface area contributed by atoms with Crippen molar-refractivity contribution in [1.29, 1.82) is 0 Å². The van der Waals surface area contributed by atoms with E-state index in [4.69, 9.17) is 9.52 Å². The van der Waals surface area contributed by atoms with Crippen LogP contribution in [0.4, 0.5) is 0 Å². The first-order chi connectivity index (χ1) is 7.69. The van der Waals surface area contributed by atoms with E-state index in [0.717, 1.165) is 31.9 Å². The third-order valence-electron chi connectivity index (χ3n) is 3.20. The van der Waals surface area contributed by atoms with Crippen LogP contribution in [-0.4, -0.2) is 47.6 Å². The predicted molar refractivity (Wildman–Crippen MR) is 62.0 cm³/mol. The summed E-state index contributed by atoms with van der Waals surface area (Å²) in [5.74, 6) is 1.59. The van der Waals surface area contributed by atoms with Crippen LogP contribution < -0.4 is 0 Å². The fraction of sp³-hybridized carbons (Fsp3) is 0.667. The average molecular weight is 224 g/mol. The lowest BCUT2D eigenvalue weighted by Crippen LogP contribution is -2.49. The number of likely N-dealkylation sites (N-methyl/N-ethyl adjacent to an activating group) is 1. The Labute approximate surface area is 96.5 Å². The highest BCUT2D eigenvalue weighted by molar-refractivity contribution is 5.06. The minimum atomic E-state index is -0.0156. The molecule has 90 valence electrons. The van der Waals surface area contributed by atoms with Gasteiger partial charge in [0.15, 0.2) is 0 Å². The fourth-order valence-corrected chi connectivity index (χ4v) is 2.20. The van der Waals surface area contributed by atoms with E-state index >= 15 is 0 Å². The summed E-state index contributed by atoms with van der Waals surface area (Å²) in [6, 6.07) is 4.36. The average Bonchev–Trinajstić information content (AvgIpc) is 2.70. The first kappa shape index (κ1) is 11.6. The molecule has 0 spiro atoms. The van der Waals surface area contributed by atoms with Gasteiger partial charge >= 0.3 is 0 Å². The second-order valence-corrected chi connectivity index (χ2v) is 4.61. The molecule has 0 radical (unpaired) electrons. The maximum Gasteiger partial charge on any atom is 0.129 e. The zero-order chi connectivity index (χ0) is 11.5. The van der Waals surface area contributed by atoms with Crippen LogP contribution in [0.25, 0.3) is 0 Å². The Bertz CT molecular complexity index is 338. The number of hydrogen-bond donors (Lipinski definition) is 1. The summed E-state index contributed by atoms with van der Waals surface area (Å²) >= 11 is 0. The predicted octanol–water partition coefficient (Wildman–Crippen LogP) is 0.908. The first-order valence-corrected chi connectivity index (χ1v) is 5.80. The highest BCUT2D eigenvalue weighted by Gasteiger charge is 2.22. The molecule has 1 fully saturated rings. The van der Waals surface area contributed by atoms with Crippen molar-refractivity contribution in [2.45, 2.75) is 26.1 Å². The molecule has 0 saturated carbocycles. The maximum absolute atomic E-state index is 8.93. The standard InChI is InChI=1S/C12H20N2O2/c1-10-7-13(2)5-6-14(10)8-11-3-4-12(9-15)16-11/h3-4,10,15H,5-9H2,1-2H3. The molecule has 1 aliphatic heterocycles. The van der Waals surface area contributed by atoms with Crippen molar-refractivity contribution in [2.24, 2.45) is 0 Å². The molecule has 1 saturated heterocycles. The van der Waals surface area contributed by atoms with Crippen molar-refractivity contribution in [2.75, 3.05) is 26.7 Å². The second-order valence-electron chi connectivity index (χ2n) is 4.61. The third-order valence-corrected chi connectivity index (χ3v) is 3.20. The van der Waals surface area contributed by atoms with Gasteiger partial charge in [-0.25, -0.2) is 0 Å². The molecule has 1 N–H and O–H groups in total. The minimum absolute atomic E-state index is 0.0156. The van der Waals surface area contributed by atoms with E-state index in [2.05, 4.69) is 23.8 Å². The maximum atomic E-state index is 8.93. The molecule has 4 heteroatoms. The highest BCUT2D eigenvalue weighted by atomic mass is 16.4. The van der Waals surface area contributed by atoms with E-state index in [-0.39, 0.29) is 6.61 Å². The van der Waals surface area contributed by atoms with Gasteiger partial charge in [-0.3, -0.25) is 4.90 Å². The number of furan rings is 1. The first-order valence-electron chi connectivity index (χ1n) is 5.80. The van der Waals surface area contributed by atoms with Crippen LogP contribution >= 0.6 is 0 Å². The van der Waals surface area contributed by atoms with Gasteiger partial charge in [0.05, 0.1) is 6.54 Å². The summed E-state index contributed by atoms with van der Waals surface area (Å²) in [5, 5.41) is 8.93. The summed E-state index contributed by atoms with van der Waals surface area (Å²) < 4.78 is 5.51. The van der Waals surface area contributed by atoms with Gasteiger partial charge in [-0.15, -0.1) is 0 Å². The molecule has 16 heavy (non-hydrogen) atoms. The normalized spacial score (nSPS) is 23.8. The zero-order valence-electron chi connectivity index (χ0n) is 10.0. The molecule has 0 aliphatic carbocycles. The van der Waals surface area contributed by atoms with E-state index < -0.39 is 0 Å². The molecule has 4 nitrogen and oxygen atoms in total. The summed E-state index contributed by atoms with van der Waals surface area (Å²) in [7, 11) is 2.16. The molecule has 2 heterocycles. The molecular formula is C12H20N2O2. The number of rotatable bonds is 3. The fourth-order valence-electron chi connectivity index (χ4n) is 2.20. The van der Waals surface area contributed by atoms with Gasteiger partial charge in [-0.2, -0.15) is 0 Å². The summed E-state index contributed by atoms with van der Waals surface area (Å²) in [6.45, 7) is 6.36. The molecule has 0 aromatic carbocycles. The van der Waals surface area contributed by atoms with E-state index in [1.807, 2.05) is 12.1 Å². The van der Waals surface area contributed by atoms with Crippen molar-refractivity contribution in [3.05, 3.63) is 23.7 Å². The lowest BCUT2D eigenvalue weighted by Gasteiger charge is -2.37. The minimum Gasteiger partial charge on any atom is -0.462 e. The van der Waals surface area contributed by atoms with E-state index in [1.165, 1.54) is 0 Å². The Morgan fingerprint density at radius 1 is 1.38 bits per heavy atom. The Balaban J connectivity index is 1.93. The van der Waals surface area contributed by atoms with Crippen LogP contribution in [0, 0.1) is 0 Å². The zero-order valence-corrected chi connectivity index (χ0v) is 10.0. The molecule has 1 aromatic heterocycles. The van der Waals surface area contributed by atoms with Crippen LogP contribution in [0.15, 0.2) is 16.5 Å². The van der Waals surface area contributed by atoms with Crippen LogP contribution in [-0.2, 0) is 13.2 Å². The monoisotopic (exact) mass is 224 g/mol. The number of aliphatic hydroxyl groups is 1. The van der Waals surface area contributed by atoms with Crippen LogP contribution in [0.2, 0.25) is 0 Å². The second kappa shape index (κ2) is 4.99. The van der Waals surface area contributed by atoms with E-state index in [0.29, 0.717) is 11.8 Å². The molecule has 2 rings (SSSR count). The number of hydrogen-bond acceptors (Lipinski definition) is 4. The lowest BCUT2D eigenvalue weighted by atomic mass is 10.2. The number of nitrogens with zero attached hydrogens (tertiary/aromatic N) is 2. The van der Waals surface area contributed by atoms with Gasteiger partial charge < -0.3 is 14.4 Å². The summed E-state index contributed by atoms with van der Waals surface area (Å²) in [6.07, 6.45) is 0. The Kier molecular flexibility index (Phi) is 3.63. The molecule has 0 bridgehead atoms. The smallest absolute Gasteiger partial charge is 0.129 e. The number of piperazine rings is 1. The summed E-state index contributed by atoms with van der Waals surface area (Å²) in [4.78, 5) is 4.77. The van der Waals surface area contributed by atoms with Crippen LogP contribution in [0.1, 0.15) is 18.4 Å². The van der Waals surface area contributed by atoms with Crippen LogP contribution in [0.5, 0.6) is 0 Å². The van der Waals surface area contributed by atoms with Gasteiger partial charge in [-0.1, -0.05) is 0 Å². The molecule has 1 aromatic rings. The van der Waals surface area contributed by atoms with Gasteiger partial charge in [0.25, 0.3) is 0 Å². The number of aliphatic hydroxyl groups excluding tert-OH is 1. The highest BCUT2D eigenvalue weighted by Crippen LogP contribution is 2.15. The molecule has 0 amide bonds. The molecular weight excluding hydrogens is 204 g/mol. The Hall–Kier alpha value is -0.840. The van der Waals surface area contributed by atoms with Crippen molar-refractivity contribution in [3.8, 4) is 0 Å². The third kappa shape index (κ3) is 2.64.